The van der Waals surface area contributed by atoms with E-state index in [2.05, 4.69) is 20.4 Å². The summed E-state index contributed by atoms with van der Waals surface area (Å²) in [6, 6.07) is 4.95. The third-order valence-corrected chi connectivity index (χ3v) is 5.13. The van der Waals surface area contributed by atoms with E-state index >= 15 is 0 Å². The summed E-state index contributed by atoms with van der Waals surface area (Å²) in [5, 5.41) is 15.9. The molecule has 4 aromatic rings. The van der Waals surface area contributed by atoms with Gasteiger partial charge in [0.1, 0.15) is 23.3 Å². The van der Waals surface area contributed by atoms with E-state index in [4.69, 9.17) is 5.26 Å². The highest BCUT2D eigenvalue weighted by atomic mass is 32.1. The molecule has 3 aromatic heterocycles. The summed E-state index contributed by atoms with van der Waals surface area (Å²) in [5.74, 6) is -1.76. The summed E-state index contributed by atoms with van der Waals surface area (Å²) in [6.45, 7) is 1.58. The van der Waals surface area contributed by atoms with Crippen LogP contribution in [0.15, 0.2) is 34.6 Å². The van der Waals surface area contributed by atoms with Gasteiger partial charge in [0.15, 0.2) is 10.8 Å². The zero-order valence-corrected chi connectivity index (χ0v) is 16.2. The molecule has 0 spiro atoms. The van der Waals surface area contributed by atoms with E-state index in [9.17, 15) is 18.4 Å². The van der Waals surface area contributed by atoms with Crippen molar-refractivity contribution in [2.45, 2.75) is 13.3 Å². The van der Waals surface area contributed by atoms with E-state index in [1.165, 1.54) is 11.6 Å². The molecule has 0 radical (unpaired) electrons. The van der Waals surface area contributed by atoms with E-state index in [-0.39, 0.29) is 39.6 Å². The van der Waals surface area contributed by atoms with Crippen molar-refractivity contribution in [3.63, 3.8) is 0 Å². The molecule has 0 aliphatic carbocycles. The van der Waals surface area contributed by atoms with E-state index < -0.39 is 23.1 Å². The number of anilines is 1. The van der Waals surface area contributed by atoms with Crippen LogP contribution in [-0.4, -0.2) is 25.5 Å². The Labute approximate surface area is 171 Å². The number of nitrogens with zero attached hydrogens (tertiary/aromatic N) is 4. The summed E-state index contributed by atoms with van der Waals surface area (Å²) in [6.07, 6.45) is 1.08. The van der Waals surface area contributed by atoms with Crippen molar-refractivity contribution >= 4 is 28.0 Å². The maximum atomic E-state index is 13.9. The molecule has 0 aliphatic rings. The number of aromatic nitrogens is 4. The number of aryl methyl sites for hydroxylation is 1. The first-order chi connectivity index (χ1) is 14.4. The molecule has 0 saturated carbocycles. The number of rotatable bonds is 4. The number of carbonyl (C=O) groups is 1. The fourth-order valence-corrected chi connectivity index (χ4v) is 3.64. The Bertz CT molecular complexity index is 1400. The van der Waals surface area contributed by atoms with Gasteiger partial charge in [-0.3, -0.25) is 14.7 Å². The molecule has 0 bridgehead atoms. The molecule has 11 heteroatoms. The maximum Gasteiger partial charge on any atom is 0.276 e. The first kappa shape index (κ1) is 19.4. The number of halogens is 2. The van der Waals surface area contributed by atoms with Crippen molar-refractivity contribution in [2.24, 2.45) is 0 Å². The highest BCUT2D eigenvalue weighted by Crippen LogP contribution is 2.27. The number of nitrogens with one attached hydrogen (secondary N) is 2. The van der Waals surface area contributed by atoms with E-state index in [1.807, 2.05) is 6.07 Å². The van der Waals surface area contributed by atoms with Crippen molar-refractivity contribution in [2.75, 3.05) is 5.32 Å². The van der Waals surface area contributed by atoms with Crippen LogP contribution in [-0.2, 0) is 11.2 Å². The summed E-state index contributed by atoms with van der Waals surface area (Å²) < 4.78 is 28.4. The normalized spacial score (nSPS) is 10.9. The molecule has 2 N–H and O–H groups in total. The quantitative estimate of drug-likeness (QED) is 0.521. The number of thiazole rings is 1. The Morgan fingerprint density at radius 3 is 2.93 bits per heavy atom. The number of fused-ring (bicyclic) bond motifs is 1. The molecular formula is C19H12F2N6O2S. The van der Waals surface area contributed by atoms with Crippen LogP contribution in [0.2, 0.25) is 0 Å². The van der Waals surface area contributed by atoms with Gasteiger partial charge < -0.3 is 5.32 Å². The Balaban J connectivity index is 1.56. The Hall–Kier alpha value is -3.91. The van der Waals surface area contributed by atoms with Gasteiger partial charge in [-0.1, -0.05) is 0 Å². The first-order valence-electron chi connectivity index (χ1n) is 8.58. The molecule has 8 nitrogen and oxygen atoms in total. The summed E-state index contributed by atoms with van der Waals surface area (Å²) >= 11 is 1.04. The number of H-pyrrole nitrogens is 1. The van der Waals surface area contributed by atoms with E-state index in [1.54, 1.807) is 6.92 Å². The molecule has 30 heavy (non-hydrogen) atoms. The molecule has 1 aromatic carbocycles. The molecule has 0 fully saturated rings. The lowest BCUT2D eigenvalue weighted by molar-refractivity contribution is -0.115. The average Bonchev–Trinajstić information content (AvgIpc) is 3.33. The van der Waals surface area contributed by atoms with Crippen molar-refractivity contribution in [1.82, 2.24) is 19.6 Å². The second-order valence-electron chi connectivity index (χ2n) is 6.33. The molecule has 0 aliphatic heterocycles. The second-order valence-corrected chi connectivity index (χ2v) is 7.18. The number of benzene rings is 1. The number of hydrogen-bond donors (Lipinski definition) is 2. The molecule has 3 heterocycles. The van der Waals surface area contributed by atoms with Gasteiger partial charge in [0.25, 0.3) is 5.56 Å². The minimum absolute atomic E-state index is 0.0180. The van der Waals surface area contributed by atoms with Gasteiger partial charge in [-0.05, 0) is 25.1 Å². The SMILES string of the molecule is Cc1nc2c(C#N)c[nH]n2c(=O)c1CC(=O)Nc1nc(-c2cc(F)ccc2F)cs1. The fourth-order valence-electron chi connectivity index (χ4n) is 2.91. The monoisotopic (exact) mass is 426 g/mol. The first-order valence-corrected chi connectivity index (χ1v) is 9.46. The molecule has 0 saturated heterocycles. The number of hydrogen-bond acceptors (Lipinski definition) is 6. The maximum absolute atomic E-state index is 13.9. The van der Waals surface area contributed by atoms with Gasteiger partial charge >= 0.3 is 0 Å². The smallest absolute Gasteiger partial charge is 0.276 e. The fraction of sp³-hybridized carbons (Fsp3) is 0.105. The van der Waals surface area contributed by atoms with Crippen LogP contribution in [0, 0.1) is 29.9 Å². The minimum atomic E-state index is -0.634. The Kier molecular flexibility index (Phi) is 4.85. The van der Waals surface area contributed by atoms with Crippen molar-refractivity contribution in [3.05, 3.63) is 68.6 Å². The molecule has 0 unspecified atom stereocenters. The van der Waals surface area contributed by atoms with Crippen molar-refractivity contribution < 1.29 is 13.6 Å². The van der Waals surface area contributed by atoms with Crippen molar-refractivity contribution in [1.29, 1.82) is 5.26 Å². The Morgan fingerprint density at radius 2 is 2.17 bits per heavy atom. The topological polar surface area (TPSA) is 116 Å². The molecule has 150 valence electrons. The van der Waals surface area contributed by atoms with Crippen LogP contribution in [0.25, 0.3) is 16.9 Å². The Morgan fingerprint density at radius 1 is 1.37 bits per heavy atom. The van der Waals surface area contributed by atoms with Crippen LogP contribution in [0.4, 0.5) is 13.9 Å². The number of aromatic amines is 1. The van der Waals surface area contributed by atoms with Crippen LogP contribution in [0.1, 0.15) is 16.8 Å². The predicted octanol–water partition coefficient (Wildman–Crippen LogP) is 2.79. The van der Waals surface area contributed by atoms with Gasteiger partial charge in [0.05, 0.1) is 12.1 Å². The van der Waals surface area contributed by atoms with E-state index in [0.29, 0.717) is 5.69 Å². The van der Waals surface area contributed by atoms with Crippen molar-refractivity contribution in [3.8, 4) is 17.3 Å². The molecule has 0 atom stereocenters. The number of carbonyl (C=O) groups excluding carboxylic acids is 1. The second kappa shape index (κ2) is 7.49. The van der Waals surface area contributed by atoms with Crippen LogP contribution >= 0.6 is 11.3 Å². The summed E-state index contributed by atoms with van der Waals surface area (Å²) in [7, 11) is 0. The zero-order chi connectivity index (χ0) is 21.4. The third kappa shape index (κ3) is 3.44. The lowest BCUT2D eigenvalue weighted by atomic mass is 10.1. The number of amides is 1. The van der Waals surface area contributed by atoms with Gasteiger partial charge in [-0.25, -0.2) is 23.3 Å². The highest BCUT2D eigenvalue weighted by molar-refractivity contribution is 7.14. The molecule has 1 amide bonds. The lowest BCUT2D eigenvalue weighted by Gasteiger charge is -2.05. The molecular weight excluding hydrogens is 414 g/mol. The van der Waals surface area contributed by atoms with Gasteiger partial charge in [-0.2, -0.15) is 5.26 Å². The third-order valence-electron chi connectivity index (χ3n) is 4.37. The minimum Gasteiger partial charge on any atom is -0.302 e. The summed E-state index contributed by atoms with van der Waals surface area (Å²) in [4.78, 5) is 33.4. The van der Waals surface area contributed by atoms with Crippen LogP contribution in [0.3, 0.4) is 0 Å². The summed E-state index contributed by atoms with van der Waals surface area (Å²) in [5.41, 5.74) is 0.558. The predicted molar refractivity (Wildman–Crippen MR) is 105 cm³/mol. The standard InChI is InChI=1S/C19H12F2N6O2S/c1-9-12(18(29)27-17(24-9)10(6-22)7-23-27)5-16(28)26-19-25-15(8-30-19)13-4-11(20)2-3-14(13)21/h2-4,7-8,23H,5H2,1H3,(H,25,26,28). The lowest BCUT2D eigenvalue weighted by Crippen LogP contribution is -2.26. The van der Waals surface area contributed by atoms with Crippen LogP contribution in [0.5, 0.6) is 0 Å². The average molecular weight is 426 g/mol. The van der Waals surface area contributed by atoms with Gasteiger partial charge in [0, 0.05) is 28.4 Å². The highest BCUT2D eigenvalue weighted by Gasteiger charge is 2.18. The molecule has 4 rings (SSSR count). The van der Waals surface area contributed by atoms with Gasteiger partial charge in [-0.15, -0.1) is 11.3 Å². The largest absolute Gasteiger partial charge is 0.302 e. The van der Waals surface area contributed by atoms with Crippen LogP contribution < -0.4 is 10.9 Å². The zero-order valence-electron chi connectivity index (χ0n) is 15.4. The van der Waals surface area contributed by atoms with E-state index in [0.717, 1.165) is 34.1 Å². The number of nitriles is 1. The van der Waals surface area contributed by atoms with Gasteiger partial charge in [0.2, 0.25) is 5.91 Å².